The highest BCUT2D eigenvalue weighted by Gasteiger charge is 2.06. The van der Waals surface area contributed by atoms with Crippen LogP contribution in [0.4, 0.5) is 5.69 Å². The van der Waals surface area contributed by atoms with E-state index in [1.54, 1.807) is 11.8 Å². The van der Waals surface area contributed by atoms with Crippen molar-refractivity contribution in [3.8, 4) is 0 Å². The van der Waals surface area contributed by atoms with E-state index < -0.39 is 0 Å². The number of para-hydroxylation sites is 1. The van der Waals surface area contributed by atoms with Crippen LogP contribution in [0, 0.1) is 0 Å². The van der Waals surface area contributed by atoms with Crippen LogP contribution >= 0.6 is 11.8 Å². The van der Waals surface area contributed by atoms with Gasteiger partial charge in [0.1, 0.15) is 0 Å². The first kappa shape index (κ1) is 13.7. The molecule has 0 radical (unpaired) electrons. The minimum Gasteiger partial charge on any atom is -0.376 e. The van der Waals surface area contributed by atoms with E-state index in [2.05, 4.69) is 27.6 Å². The molecule has 0 saturated carbocycles. The summed E-state index contributed by atoms with van der Waals surface area (Å²) < 4.78 is 5.24. The van der Waals surface area contributed by atoms with Gasteiger partial charge >= 0.3 is 0 Å². The molecule has 0 fully saturated rings. The highest BCUT2D eigenvalue weighted by molar-refractivity contribution is 7.98. The van der Waals surface area contributed by atoms with E-state index in [1.165, 1.54) is 4.90 Å². The van der Waals surface area contributed by atoms with Crippen LogP contribution in [0.15, 0.2) is 70.1 Å². The van der Waals surface area contributed by atoms with Gasteiger partial charge in [-0.1, -0.05) is 41.6 Å². The van der Waals surface area contributed by atoms with Gasteiger partial charge in [0.2, 0.25) is 5.89 Å². The lowest BCUT2D eigenvalue weighted by Crippen LogP contribution is -1.99. The van der Waals surface area contributed by atoms with Crippen LogP contribution in [-0.2, 0) is 12.3 Å². The summed E-state index contributed by atoms with van der Waals surface area (Å²) in [5.41, 5.74) is 1.04. The first-order valence-corrected chi connectivity index (χ1v) is 7.67. The van der Waals surface area contributed by atoms with Crippen molar-refractivity contribution in [3.63, 3.8) is 0 Å². The summed E-state index contributed by atoms with van der Waals surface area (Å²) >= 11 is 1.70. The minimum atomic E-state index is 0.535. The zero-order valence-corrected chi connectivity index (χ0v) is 12.2. The first-order valence-electron chi connectivity index (χ1n) is 6.68. The molecule has 0 aliphatic heterocycles. The van der Waals surface area contributed by atoms with Gasteiger partial charge in [-0.15, -0.1) is 11.8 Å². The average Bonchev–Trinajstić information content (AvgIpc) is 3.01. The standard InChI is InChI=1S/C16H15N3OS/c1-3-7-13(8-4-1)17-11-16-18-15(19-20-16)12-21-14-9-5-2-6-10-14/h1-10,17H,11-12H2. The second kappa shape index (κ2) is 6.95. The van der Waals surface area contributed by atoms with Crippen molar-refractivity contribution in [3.05, 3.63) is 72.4 Å². The summed E-state index contributed by atoms with van der Waals surface area (Å²) in [5, 5.41) is 7.24. The Morgan fingerprint density at radius 3 is 2.43 bits per heavy atom. The quantitative estimate of drug-likeness (QED) is 0.698. The summed E-state index contributed by atoms with van der Waals surface area (Å²) in [4.78, 5) is 5.58. The van der Waals surface area contributed by atoms with Crippen LogP contribution in [0.2, 0.25) is 0 Å². The third-order valence-corrected chi connectivity index (χ3v) is 3.85. The van der Waals surface area contributed by atoms with E-state index in [1.807, 2.05) is 48.5 Å². The van der Waals surface area contributed by atoms with Crippen molar-refractivity contribution in [1.82, 2.24) is 10.1 Å². The van der Waals surface area contributed by atoms with E-state index in [4.69, 9.17) is 4.52 Å². The fourth-order valence-electron chi connectivity index (χ4n) is 1.82. The first-order chi connectivity index (χ1) is 10.4. The van der Waals surface area contributed by atoms with Crippen LogP contribution in [-0.4, -0.2) is 10.1 Å². The van der Waals surface area contributed by atoms with Gasteiger partial charge in [-0.05, 0) is 24.3 Å². The molecule has 0 saturated heterocycles. The Labute approximate surface area is 127 Å². The SMILES string of the molecule is c1ccc(NCc2nc(CSc3ccccc3)no2)cc1. The Morgan fingerprint density at radius 2 is 1.67 bits per heavy atom. The maximum absolute atomic E-state index is 5.24. The van der Waals surface area contributed by atoms with E-state index in [-0.39, 0.29) is 0 Å². The second-order valence-electron chi connectivity index (χ2n) is 4.43. The number of nitrogens with one attached hydrogen (secondary N) is 1. The Bertz CT molecular complexity index is 612. The molecule has 106 valence electrons. The fraction of sp³-hybridized carbons (Fsp3) is 0.125. The third-order valence-electron chi connectivity index (χ3n) is 2.84. The fourth-order valence-corrected chi connectivity index (χ4v) is 2.58. The Balaban J connectivity index is 1.52. The molecule has 3 aromatic rings. The molecule has 2 aromatic carbocycles. The van der Waals surface area contributed by atoms with E-state index in [9.17, 15) is 0 Å². The lowest BCUT2D eigenvalue weighted by Gasteiger charge is -2.01. The van der Waals surface area contributed by atoms with Gasteiger partial charge in [-0.3, -0.25) is 0 Å². The van der Waals surface area contributed by atoms with Crippen LogP contribution in [0.3, 0.4) is 0 Å². The number of hydrogen-bond donors (Lipinski definition) is 1. The predicted molar refractivity (Wildman–Crippen MR) is 84.1 cm³/mol. The number of anilines is 1. The molecule has 0 amide bonds. The van der Waals surface area contributed by atoms with Crippen molar-refractivity contribution < 1.29 is 4.52 Å². The summed E-state index contributed by atoms with van der Waals surface area (Å²) in [6.45, 7) is 0.535. The van der Waals surface area contributed by atoms with Gasteiger partial charge in [0.25, 0.3) is 0 Å². The number of rotatable bonds is 6. The monoisotopic (exact) mass is 297 g/mol. The highest BCUT2D eigenvalue weighted by atomic mass is 32.2. The summed E-state index contributed by atoms with van der Waals surface area (Å²) in [6, 6.07) is 20.1. The molecule has 1 aromatic heterocycles. The van der Waals surface area contributed by atoms with Crippen LogP contribution < -0.4 is 5.32 Å². The lowest BCUT2D eigenvalue weighted by molar-refractivity contribution is 0.379. The zero-order chi connectivity index (χ0) is 14.3. The van der Waals surface area contributed by atoms with Gasteiger partial charge in [0.15, 0.2) is 5.82 Å². The van der Waals surface area contributed by atoms with Gasteiger partial charge in [-0.2, -0.15) is 4.98 Å². The number of aromatic nitrogens is 2. The van der Waals surface area contributed by atoms with Gasteiger partial charge in [-0.25, -0.2) is 0 Å². The summed E-state index contributed by atoms with van der Waals surface area (Å²) in [7, 11) is 0. The third kappa shape index (κ3) is 4.10. The average molecular weight is 297 g/mol. The molecule has 4 nitrogen and oxygen atoms in total. The maximum Gasteiger partial charge on any atom is 0.245 e. The van der Waals surface area contributed by atoms with Gasteiger partial charge in [0, 0.05) is 10.6 Å². The van der Waals surface area contributed by atoms with E-state index >= 15 is 0 Å². The Hall–Kier alpha value is -2.27. The van der Waals surface area contributed by atoms with Crippen LogP contribution in [0.1, 0.15) is 11.7 Å². The molecule has 5 heteroatoms. The van der Waals surface area contributed by atoms with Crippen molar-refractivity contribution >= 4 is 17.4 Å². The van der Waals surface area contributed by atoms with Crippen LogP contribution in [0.25, 0.3) is 0 Å². The largest absolute Gasteiger partial charge is 0.376 e. The van der Waals surface area contributed by atoms with Crippen molar-refractivity contribution in [1.29, 1.82) is 0 Å². The van der Waals surface area contributed by atoms with Crippen LogP contribution in [0.5, 0.6) is 0 Å². The molecule has 3 rings (SSSR count). The normalized spacial score (nSPS) is 10.5. The molecule has 0 bridgehead atoms. The highest BCUT2D eigenvalue weighted by Crippen LogP contribution is 2.20. The van der Waals surface area contributed by atoms with Gasteiger partial charge in [0.05, 0.1) is 12.3 Å². The molecule has 0 atom stereocenters. The van der Waals surface area contributed by atoms with Crippen molar-refractivity contribution in [2.75, 3.05) is 5.32 Å². The number of benzene rings is 2. The maximum atomic E-state index is 5.24. The Kier molecular flexibility index (Phi) is 4.53. The second-order valence-corrected chi connectivity index (χ2v) is 5.47. The molecule has 1 heterocycles. The number of nitrogens with zero attached hydrogens (tertiary/aromatic N) is 2. The molecule has 0 aliphatic carbocycles. The smallest absolute Gasteiger partial charge is 0.245 e. The summed E-state index contributed by atoms with van der Waals surface area (Å²) in [6.07, 6.45) is 0. The molecule has 0 spiro atoms. The van der Waals surface area contributed by atoms with E-state index in [0.29, 0.717) is 24.0 Å². The molecule has 0 unspecified atom stereocenters. The minimum absolute atomic E-state index is 0.535. The number of thioether (sulfide) groups is 1. The zero-order valence-electron chi connectivity index (χ0n) is 11.4. The number of hydrogen-bond acceptors (Lipinski definition) is 5. The molecular weight excluding hydrogens is 282 g/mol. The van der Waals surface area contributed by atoms with E-state index in [0.717, 1.165) is 5.69 Å². The summed E-state index contributed by atoms with van der Waals surface area (Å²) in [5.74, 6) is 2.02. The topological polar surface area (TPSA) is 51.0 Å². The Morgan fingerprint density at radius 1 is 0.952 bits per heavy atom. The predicted octanol–water partition coefficient (Wildman–Crippen LogP) is 3.97. The van der Waals surface area contributed by atoms with Crippen molar-refractivity contribution in [2.45, 2.75) is 17.2 Å². The van der Waals surface area contributed by atoms with Crippen molar-refractivity contribution in [2.24, 2.45) is 0 Å². The lowest BCUT2D eigenvalue weighted by atomic mass is 10.3. The molecular formula is C16H15N3OS. The molecule has 1 N–H and O–H groups in total. The molecule has 0 aliphatic rings. The molecule has 21 heavy (non-hydrogen) atoms. The van der Waals surface area contributed by atoms with Gasteiger partial charge < -0.3 is 9.84 Å².